The lowest BCUT2D eigenvalue weighted by Gasteiger charge is -2.23. The van der Waals surface area contributed by atoms with Crippen LogP contribution in [-0.2, 0) is 22.6 Å². The number of nitrogens with zero attached hydrogens (tertiary/aromatic N) is 3. The lowest BCUT2D eigenvalue weighted by Crippen LogP contribution is -2.27. The fraction of sp³-hybridized carbons (Fsp3) is 0.300. The lowest BCUT2D eigenvalue weighted by molar-refractivity contribution is -0.137. The average molecular weight is 511 g/mol. The maximum atomic E-state index is 13.6. The second kappa shape index (κ2) is 11.4. The van der Waals surface area contributed by atoms with E-state index in [2.05, 4.69) is 15.6 Å². The monoisotopic (exact) mass is 510 g/mol. The van der Waals surface area contributed by atoms with E-state index in [1.54, 1.807) is 12.1 Å². The summed E-state index contributed by atoms with van der Waals surface area (Å²) >= 11 is 0. The standard InChI is InChI=1S/C30H30N4O4/c35-27(36)17-14-20-6-5-9-24(18-20)31-29(37)28(22-7-1-2-8-22)23-15-12-21(13-16-23)19-34-30(38)25-10-3-4-11-26(25)32-33-34/h3-6,9-13,15-16,18,22,28H,1-2,7-8,14,17,19H2,(H,31,37)(H,35,36). The summed E-state index contributed by atoms with van der Waals surface area (Å²) in [6, 6.07) is 22.4. The number of carboxylic acids is 1. The number of carbonyl (C=O) groups excluding carboxylic acids is 1. The van der Waals surface area contributed by atoms with Gasteiger partial charge in [-0.2, -0.15) is 0 Å². The zero-order valence-corrected chi connectivity index (χ0v) is 21.0. The molecule has 1 atom stereocenters. The summed E-state index contributed by atoms with van der Waals surface area (Å²) in [6.07, 6.45) is 4.69. The normalized spacial score (nSPS) is 14.4. The molecule has 1 aliphatic carbocycles. The van der Waals surface area contributed by atoms with Gasteiger partial charge >= 0.3 is 5.97 Å². The third-order valence-electron chi connectivity index (χ3n) is 7.28. The van der Waals surface area contributed by atoms with Gasteiger partial charge in [-0.15, -0.1) is 5.10 Å². The van der Waals surface area contributed by atoms with Crippen molar-refractivity contribution >= 4 is 28.5 Å². The van der Waals surface area contributed by atoms with Crippen LogP contribution < -0.4 is 10.9 Å². The molecule has 4 aromatic rings. The van der Waals surface area contributed by atoms with Gasteiger partial charge in [-0.05, 0) is 66.1 Å². The molecule has 1 unspecified atom stereocenters. The molecule has 1 heterocycles. The van der Waals surface area contributed by atoms with Crippen LogP contribution in [0.4, 0.5) is 5.69 Å². The summed E-state index contributed by atoms with van der Waals surface area (Å²) in [6.45, 7) is 0.292. The minimum Gasteiger partial charge on any atom is -0.481 e. The summed E-state index contributed by atoms with van der Waals surface area (Å²) in [5.41, 5.74) is 3.77. The third-order valence-corrected chi connectivity index (χ3v) is 7.28. The van der Waals surface area contributed by atoms with E-state index in [0.717, 1.165) is 42.4 Å². The van der Waals surface area contributed by atoms with Crippen molar-refractivity contribution in [3.63, 3.8) is 0 Å². The molecule has 0 bridgehead atoms. The summed E-state index contributed by atoms with van der Waals surface area (Å²) in [4.78, 5) is 37.3. The summed E-state index contributed by atoms with van der Waals surface area (Å²) in [7, 11) is 0. The first-order chi connectivity index (χ1) is 18.5. The fourth-order valence-corrected chi connectivity index (χ4v) is 5.33. The molecule has 2 N–H and O–H groups in total. The van der Waals surface area contributed by atoms with Crippen molar-refractivity contribution in [2.45, 2.75) is 51.0 Å². The van der Waals surface area contributed by atoms with Gasteiger partial charge in [0.05, 0.1) is 17.8 Å². The molecule has 8 heteroatoms. The van der Waals surface area contributed by atoms with Gasteiger partial charge in [0.1, 0.15) is 5.52 Å². The highest BCUT2D eigenvalue weighted by Crippen LogP contribution is 2.38. The maximum absolute atomic E-state index is 13.6. The Hall–Kier alpha value is -4.33. The van der Waals surface area contributed by atoms with Crippen LogP contribution in [0, 0.1) is 5.92 Å². The van der Waals surface area contributed by atoms with E-state index in [-0.39, 0.29) is 29.7 Å². The number of carboxylic acid groups (broad SMARTS) is 1. The van der Waals surface area contributed by atoms with E-state index in [0.29, 0.717) is 29.6 Å². The number of aromatic nitrogens is 3. The number of benzene rings is 3. The van der Waals surface area contributed by atoms with E-state index in [1.807, 2.05) is 60.7 Å². The number of hydrogen-bond acceptors (Lipinski definition) is 5. The number of aryl methyl sites for hydroxylation is 1. The Morgan fingerprint density at radius 3 is 2.50 bits per heavy atom. The molecule has 3 aromatic carbocycles. The van der Waals surface area contributed by atoms with E-state index >= 15 is 0 Å². The van der Waals surface area contributed by atoms with Crippen molar-refractivity contribution < 1.29 is 14.7 Å². The lowest BCUT2D eigenvalue weighted by atomic mass is 9.83. The van der Waals surface area contributed by atoms with Gasteiger partial charge < -0.3 is 10.4 Å². The van der Waals surface area contributed by atoms with Crippen molar-refractivity contribution in [3.8, 4) is 0 Å². The number of fused-ring (bicyclic) bond motifs is 1. The van der Waals surface area contributed by atoms with Crippen molar-refractivity contribution in [1.82, 2.24) is 15.0 Å². The molecule has 1 aliphatic rings. The van der Waals surface area contributed by atoms with Crippen LogP contribution in [0.15, 0.2) is 77.6 Å². The fourth-order valence-electron chi connectivity index (χ4n) is 5.33. The van der Waals surface area contributed by atoms with E-state index in [4.69, 9.17) is 5.11 Å². The minimum atomic E-state index is -0.846. The topological polar surface area (TPSA) is 114 Å². The quantitative estimate of drug-likeness (QED) is 0.335. The van der Waals surface area contributed by atoms with Gasteiger partial charge in [0, 0.05) is 12.1 Å². The highest BCUT2D eigenvalue weighted by atomic mass is 16.4. The number of hydrogen-bond donors (Lipinski definition) is 2. The van der Waals surface area contributed by atoms with Crippen LogP contribution in [0.3, 0.4) is 0 Å². The third kappa shape index (κ3) is 5.80. The molecule has 1 aromatic heterocycles. The number of rotatable bonds is 9. The highest BCUT2D eigenvalue weighted by molar-refractivity contribution is 5.96. The second-order valence-corrected chi connectivity index (χ2v) is 9.92. The number of amides is 1. The smallest absolute Gasteiger partial charge is 0.303 e. The van der Waals surface area contributed by atoms with Crippen molar-refractivity contribution in [1.29, 1.82) is 0 Å². The molecular weight excluding hydrogens is 480 g/mol. The van der Waals surface area contributed by atoms with Gasteiger partial charge in [-0.1, -0.05) is 66.6 Å². The van der Waals surface area contributed by atoms with Crippen LogP contribution in [0.2, 0.25) is 0 Å². The minimum absolute atomic E-state index is 0.0470. The predicted molar refractivity (Wildman–Crippen MR) is 145 cm³/mol. The van der Waals surface area contributed by atoms with Crippen LogP contribution in [0.25, 0.3) is 10.9 Å². The average Bonchev–Trinajstić information content (AvgIpc) is 3.45. The number of carbonyl (C=O) groups is 2. The highest BCUT2D eigenvalue weighted by Gasteiger charge is 2.32. The number of aliphatic carboxylic acids is 1. The molecule has 0 spiro atoms. The van der Waals surface area contributed by atoms with E-state index < -0.39 is 5.97 Å². The van der Waals surface area contributed by atoms with Gasteiger partial charge in [0.2, 0.25) is 5.91 Å². The first-order valence-electron chi connectivity index (χ1n) is 13.0. The van der Waals surface area contributed by atoms with Crippen molar-refractivity contribution in [2.24, 2.45) is 5.92 Å². The molecule has 38 heavy (non-hydrogen) atoms. The van der Waals surface area contributed by atoms with Crippen molar-refractivity contribution in [3.05, 3.63) is 99.8 Å². The van der Waals surface area contributed by atoms with Gasteiger partial charge in [0.15, 0.2) is 0 Å². The molecule has 0 saturated heterocycles. The largest absolute Gasteiger partial charge is 0.481 e. The molecule has 1 amide bonds. The van der Waals surface area contributed by atoms with Crippen molar-refractivity contribution in [2.75, 3.05) is 5.32 Å². The molecule has 0 aliphatic heterocycles. The first kappa shape index (κ1) is 25.3. The Kier molecular flexibility index (Phi) is 7.58. The van der Waals surface area contributed by atoms with E-state index in [9.17, 15) is 14.4 Å². The molecule has 194 valence electrons. The van der Waals surface area contributed by atoms with Crippen LogP contribution in [0.5, 0.6) is 0 Å². The summed E-state index contributed by atoms with van der Waals surface area (Å²) in [5.74, 6) is -0.944. The van der Waals surface area contributed by atoms with Crippen LogP contribution in [-0.4, -0.2) is 32.0 Å². The Balaban J connectivity index is 1.34. The zero-order chi connectivity index (χ0) is 26.5. The zero-order valence-electron chi connectivity index (χ0n) is 21.0. The Morgan fingerprint density at radius 1 is 0.974 bits per heavy atom. The molecule has 5 rings (SSSR count). The molecule has 1 saturated carbocycles. The number of anilines is 1. The second-order valence-electron chi connectivity index (χ2n) is 9.92. The van der Waals surface area contributed by atoms with E-state index in [1.165, 1.54) is 4.68 Å². The maximum Gasteiger partial charge on any atom is 0.303 e. The van der Waals surface area contributed by atoms with Gasteiger partial charge in [-0.25, -0.2) is 4.68 Å². The molecule has 1 fully saturated rings. The van der Waals surface area contributed by atoms with Gasteiger partial charge in [-0.3, -0.25) is 14.4 Å². The molecule has 0 radical (unpaired) electrons. The number of nitrogens with one attached hydrogen (secondary N) is 1. The summed E-state index contributed by atoms with van der Waals surface area (Å²) in [5, 5.41) is 20.8. The van der Waals surface area contributed by atoms with Gasteiger partial charge in [0.25, 0.3) is 5.56 Å². The SMILES string of the molecule is O=C(O)CCc1cccc(NC(=O)C(c2ccc(Cn3nnc4ccccc4c3=O)cc2)C2CCCC2)c1. The molecule has 8 nitrogen and oxygen atoms in total. The first-order valence-corrected chi connectivity index (χ1v) is 13.0. The molecular formula is C30H30N4O4. The summed E-state index contributed by atoms with van der Waals surface area (Å²) < 4.78 is 1.36. The Labute approximate surface area is 220 Å². The Bertz CT molecular complexity index is 1510. The predicted octanol–water partition coefficient (Wildman–Crippen LogP) is 4.77. The Morgan fingerprint density at radius 2 is 1.74 bits per heavy atom. The van der Waals surface area contributed by atoms with Crippen LogP contribution >= 0.6 is 0 Å². The van der Waals surface area contributed by atoms with Crippen LogP contribution in [0.1, 0.15) is 54.7 Å².